The molecule has 2 aromatic carbocycles. The molecule has 2 amide bonds. The fourth-order valence-corrected chi connectivity index (χ4v) is 3.61. The van der Waals surface area contributed by atoms with Gasteiger partial charge in [-0.25, -0.2) is 9.29 Å². The minimum atomic E-state index is -0.587. The highest BCUT2D eigenvalue weighted by atomic mass is 19.1. The van der Waals surface area contributed by atoms with E-state index in [2.05, 4.69) is 17.4 Å². The molecule has 1 N–H and O–H groups in total. The highest BCUT2D eigenvalue weighted by Gasteiger charge is 2.41. The van der Waals surface area contributed by atoms with Gasteiger partial charge in [0.25, 0.3) is 5.91 Å². The predicted molar refractivity (Wildman–Crippen MR) is 88.1 cm³/mol. The lowest BCUT2D eigenvalue weighted by Gasteiger charge is -2.18. The first-order valence-electron chi connectivity index (χ1n) is 8.07. The van der Waals surface area contributed by atoms with Gasteiger partial charge in [0.2, 0.25) is 5.91 Å². The summed E-state index contributed by atoms with van der Waals surface area (Å²) in [5, 5.41) is 3.29. The van der Waals surface area contributed by atoms with Crippen LogP contribution in [0.5, 0.6) is 0 Å². The van der Waals surface area contributed by atoms with Crippen molar-refractivity contribution >= 4 is 17.5 Å². The van der Waals surface area contributed by atoms with Gasteiger partial charge in [-0.2, -0.15) is 0 Å². The molecule has 0 aromatic heterocycles. The van der Waals surface area contributed by atoms with Crippen LogP contribution in [-0.4, -0.2) is 23.9 Å². The smallest absolute Gasteiger partial charge is 0.251 e. The Morgan fingerprint density at radius 3 is 2.21 bits per heavy atom. The van der Waals surface area contributed by atoms with E-state index in [1.165, 1.54) is 29.3 Å². The Hall–Kier alpha value is -2.53. The lowest BCUT2D eigenvalue weighted by atomic mass is 10.1. The van der Waals surface area contributed by atoms with Crippen molar-refractivity contribution in [2.75, 3.05) is 4.90 Å². The Bertz CT molecular complexity index is 796. The Kier molecular flexibility index (Phi) is 3.65. The molecule has 4 nitrogen and oxygen atoms in total. The molecule has 1 aliphatic carbocycles. The molecule has 122 valence electrons. The summed E-state index contributed by atoms with van der Waals surface area (Å²) in [6.07, 6.45) is 1.75. The molecule has 5 heteroatoms. The minimum Gasteiger partial charge on any atom is -0.302 e. The third-order valence-corrected chi connectivity index (χ3v) is 4.73. The maximum atomic E-state index is 13.9. The summed E-state index contributed by atoms with van der Waals surface area (Å²) in [5.41, 5.74) is 2.59. The molecule has 1 aliphatic heterocycles. The molecule has 0 unspecified atom stereocenters. The van der Waals surface area contributed by atoms with Crippen molar-refractivity contribution in [3.05, 3.63) is 65.5 Å². The van der Waals surface area contributed by atoms with Crippen molar-refractivity contribution in [2.24, 2.45) is 0 Å². The third kappa shape index (κ3) is 2.51. The number of anilines is 1. The number of imide groups is 1. The van der Waals surface area contributed by atoms with E-state index < -0.39 is 11.9 Å². The van der Waals surface area contributed by atoms with Gasteiger partial charge in [0.15, 0.2) is 0 Å². The van der Waals surface area contributed by atoms with Crippen LogP contribution in [0, 0.1) is 5.82 Å². The summed E-state index contributed by atoms with van der Waals surface area (Å²) in [4.78, 5) is 25.8. The summed E-state index contributed by atoms with van der Waals surface area (Å²) in [6, 6.07) is 13.6. The lowest BCUT2D eigenvalue weighted by molar-refractivity contribution is -0.121. The van der Waals surface area contributed by atoms with Crippen molar-refractivity contribution in [3.8, 4) is 0 Å². The van der Waals surface area contributed by atoms with Crippen molar-refractivity contribution in [1.82, 2.24) is 5.32 Å². The van der Waals surface area contributed by atoms with Gasteiger partial charge in [0, 0.05) is 6.04 Å². The van der Waals surface area contributed by atoms with Gasteiger partial charge in [-0.3, -0.25) is 9.59 Å². The van der Waals surface area contributed by atoms with Crippen LogP contribution in [0.1, 0.15) is 17.5 Å². The molecule has 0 saturated carbocycles. The summed E-state index contributed by atoms with van der Waals surface area (Å²) in [6.45, 7) is 0. The lowest BCUT2D eigenvalue weighted by Crippen LogP contribution is -2.44. The van der Waals surface area contributed by atoms with Crippen LogP contribution in [0.25, 0.3) is 0 Å². The van der Waals surface area contributed by atoms with Gasteiger partial charge in [0.05, 0.1) is 18.2 Å². The van der Waals surface area contributed by atoms with E-state index >= 15 is 0 Å². The van der Waals surface area contributed by atoms with Crippen LogP contribution >= 0.6 is 0 Å². The highest BCUT2D eigenvalue weighted by molar-refractivity contribution is 6.22. The molecule has 1 atom stereocenters. The summed E-state index contributed by atoms with van der Waals surface area (Å²) in [5.74, 6) is -1.30. The van der Waals surface area contributed by atoms with Gasteiger partial charge < -0.3 is 5.32 Å². The number of benzene rings is 2. The zero-order chi connectivity index (χ0) is 16.7. The molecule has 1 heterocycles. The van der Waals surface area contributed by atoms with E-state index in [1.807, 2.05) is 12.1 Å². The quantitative estimate of drug-likeness (QED) is 0.881. The fourth-order valence-electron chi connectivity index (χ4n) is 3.61. The van der Waals surface area contributed by atoms with Gasteiger partial charge >= 0.3 is 0 Å². The van der Waals surface area contributed by atoms with Gasteiger partial charge in [-0.05, 0) is 36.1 Å². The molecular weight excluding hydrogens is 307 g/mol. The standard InChI is InChI=1S/C19H17FN2O2/c20-15-7-3-4-8-17(15)22-18(23)11-16(19(22)24)21-14-9-12-5-1-2-6-13(12)10-14/h1-8,14,16,21H,9-11H2/t16-/m0/s1. The molecule has 1 saturated heterocycles. The van der Waals surface area contributed by atoms with Crippen LogP contribution in [0.4, 0.5) is 10.1 Å². The fraction of sp³-hybridized carbons (Fsp3) is 0.263. The summed E-state index contributed by atoms with van der Waals surface area (Å²) < 4.78 is 13.9. The highest BCUT2D eigenvalue weighted by Crippen LogP contribution is 2.27. The molecule has 1 fully saturated rings. The number of rotatable bonds is 3. The molecule has 2 aromatic rings. The van der Waals surface area contributed by atoms with Gasteiger partial charge in [-0.1, -0.05) is 36.4 Å². The van der Waals surface area contributed by atoms with Crippen molar-refractivity contribution in [2.45, 2.75) is 31.3 Å². The molecule has 24 heavy (non-hydrogen) atoms. The van der Waals surface area contributed by atoms with E-state index in [-0.39, 0.29) is 30.0 Å². The van der Waals surface area contributed by atoms with E-state index in [4.69, 9.17) is 0 Å². The normalized spacial score (nSPS) is 20.7. The topological polar surface area (TPSA) is 49.4 Å². The Morgan fingerprint density at radius 1 is 0.917 bits per heavy atom. The van der Waals surface area contributed by atoms with Gasteiger partial charge in [0.1, 0.15) is 5.82 Å². The van der Waals surface area contributed by atoms with E-state index in [0.717, 1.165) is 17.7 Å². The van der Waals surface area contributed by atoms with Crippen LogP contribution in [0.2, 0.25) is 0 Å². The zero-order valence-electron chi connectivity index (χ0n) is 13.0. The molecular formula is C19H17FN2O2. The Labute approximate surface area is 139 Å². The first-order valence-corrected chi connectivity index (χ1v) is 8.07. The van der Waals surface area contributed by atoms with Crippen molar-refractivity contribution < 1.29 is 14.0 Å². The second-order valence-electron chi connectivity index (χ2n) is 6.32. The SMILES string of the molecule is O=C1C[C@H](NC2Cc3ccccc3C2)C(=O)N1c1ccccc1F. The number of fused-ring (bicyclic) bond motifs is 1. The average Bonchev–Trinajstić information content (AvgIpc) is 3.09. The number of nitrogens with one attached hydrogen (secondary N) is 1. The zero-order valence-corrected chi connectivity index (χ0v) is 13.0. The second kappa shape index (κ2) is 5.83. The molecule has 0 radical (unpaired) electrons. The van der Waals surface area contributed by atoms with Crippen LogP contribution in [-0.2, 0) is 22.4 Å². The maximum Gasteiger partial charge on any atom is 0.251 e. The largest absolute Gasteiger partial charge is 0.302 e. The average molecular weight is 324 g/mol. The first-order chi connectivity index (χ1) is 11.6. The number of carbonyl (C=O) groups excluding carboxylic acids is 2. The number of para-hydroxylation sites is 1. The van der Waals surface area contributed by atoms with Crippen LogP contribution < -0.4 is 10.2 Å². The van der Waals surface area contributed by atoms with Gasteiger partial charge in [-0.15, -0.1) is 0 Å². The van der Waals surface area contributed by atoms with Crippen molar-refractivity contribution in [3.63, 3.8) is 0 Å². The van der Waals surface area contributed by atoms with Crippen LogP contribution in [0.15, 0.2) is 48.5 Å². The number of carbonyl (C=O) groups is 2. The predicted octanol–water partition coefficient (Wildman–Crippen LogP) is 2.21. The number of hydrogen-bond acceptors (Lipinski definition) is 3. The van der Waals surface area contributed by atoms with Crippen LogP contribution in [0.3, 0.4) is 0 Å². The minimum absolute atomic E-state index is 0.0338. The number of amides is 2. The molecule has 2 aliphatic rings. The molecule has 0 spiro atoms. The monoisotopic (exact) mass is 324 g/mol. The van der Waals surface area contributed by atoms with Crippen molar-refractivity contribution in [1.29, 1.82) is 0 Å². The summed E-state index contributed by atoms with van der Waals surface area (Å²) in [7, 11) is 0. The molecule has 0 bridgehead atoms. The van der Waals surface area contributed by atoms with E-state index in [1.54, 1.807) is 6.07 Å². The number of nitrogens with zero attached hydrogens (tertiary/aromatic N) is 1. The Morgan fingerprint density at radius 2 is 1.54 bits per heavy atom. The summed E-state index contributed by atoms with van der Waals surface area (Å²) >= 11 is 0. The second-order valence-corrected chi connectivity index (χ2v) is 6.32. The van der Waals surface area contributed by atoms with E-state index in [9.17, 15) is 14.0 Å². The number of hydrogen-bond donors (Lipinski definition) is 1. The third-order valence-electron chi connectivity index (χ3n) is 4.73. The Balaban J connectivity index is 1.50. The number of halogens is 1. The maximum absolute atomic E-state index is 13.9. The van der Waals surface area contributed by atoms with E-state index in [0.29, 0.717) is 0 Å². The molecule has 4 rings (SSSR count). The first kappa shape index (κ1) is 15.0.